The van der Waals surface area contributed by atoms with E-state index in [2.05, 4.69) is 4.98 Å². The van der Waals surface area contributed by atoms with Gasteiger partial charge in [-0.2, -0.15) is 8.42 Å². The molecular weight excluding hydrogens is 340 g/mol. The van der Waals surface area contributed by atoms with Crippen LogP contribution in [0.25, 0.3) is 0 Å². The second-order valence-electron chi connectivity index (χ2n) is 4.78. The summed E-state index contributed by atoms with van der Waals surface area (Å²) in [7, 11) is -2.22. The van der Waals surface area contributed by atoms with Crippen molar-refractivity contribution in [3.8, 4) is 11.5 Å². The minimum Gasteiger partial charge on any atom is -0.483 e. The molecule has 1 N–H and O–H groups in total. The second kappa shape index (κ2) is 8.25. The molecule has 0 saturated carbocycles. The summed E-state index contributed by atoms with van der Waals surface area (Å²) in [5, 5.41) is 3.68. The first-order valence-corrected chi connectivity index (χ1v) is 9.37. The molecule has 7 nitrogen and oxygen atoms in total. The van der Waals surface area contributed by atoms with Crippen LogP contribution in [0.15, 0.2) is 41.4 Å². The van der Waals surface area contributed by atoms with Crippen LogP contribution in [0.5, 0.6) is 11.5 Å². The Labute approximate surface area is 139 Å². The summed E-state index contributed by atoms with van der Waals surface area (Å²) in [4.78, 5) is 5.47. The highest BCUT2D eigenvalue weighted by molar-refractivity contribution is 7.85. The lowest BCUT2D eigenvalue weighted by atomic mass is 10.4. The number of hydrogen-bond donors (Lipinski definition) is 1. The van der Waals surface area contributed by atoms with Crippen molar-refractivity contribution in [3.05, 3.63) is 41.4 Å². The van der Waals surface area contributed by atoms with E-state index < -0.39 is 10.1 Å². The molecule has 1 atom stereocenters. The number of ether oxygens (including phenoxy) is 2. The van der Waals surface area contributed by atoms with Crippen LogP contribution in [-0.4, -0.2) is 55.0 Å². The summed E-state index contributed by atoms with van der Waals surface area (Å²) in [6.07, 6.45) is 3.17. The van der Waals surface area contributed by atoms with Gasteiger partial charge in [0.25, 0.3) is 10.1 Å². The van der Waals surface area contributed by atoms with E-state index in [9.17, 15) is 8.42 Å². The maximum atomic E-state index is 10.6. The van der Waals surface area contributed by atoms with Crippen molar-refractivity contribution in [2.45, 2.75) is 6.23 Å². The fourth-order valence-electron chi connectivity index (χ4n) is 1.74. The summed E-state index contributed by atoms with van der Waals surface area (Å²) < 4.78 is 41.0. The predicted octanol–water partition coefficient (Wildman–Crippen LogP) is 1.75. The van der Waals surface area contributed by atoms with E-state index in [0.29, 0.717) is 12.4 Å². The summed E-state index contributed by atoms with van der Waals surface area (Å²) >= 11 is 1.48. The van der Waals surface area contributed by atoms with Crippen LogP contribution in [0, 0.1) is 0 Å². The van der Waals surface area contributed by atoms with Gasteiger partial charge in [0.15, 0.2) is 17.7 Å². The lowest BCUT2D eigenvalue weighted by Crippen LogP contribution is -2.44. The molecule has 2 aromatic heterocycles. The molecule has 0 radical (unpaired) electrons. The van der Waals surface area contributed by atoms with Crippen LogP contribution in [0.4, 0.5) is 0 Å². The molecule has 23 heavy (non-hydrogen) atoms. The molecule has 3 rings (SSSR count). The van der Waals surface area contributed by atoms with Crippen molar-refractivity contribution in [2.75, 3.05) is 26.0 Å². The number of fused-ring (bicyclic) bond motifs is 1. The number of rotatable bonds is 4. The fraction of sp³-hybridized carbons (Fsp3) is 0.357. The van der Waals surface area contributed by atoms with Gasteiger partial charge in [0.1, 0.15) is 6.61 Å². The molecule has 0 saturated heterocycles. The quantitative estimate of drug-likeness (QED) is 0.833. The zero-order valence-electron chi connectivity index (χ0n) is 12.5. The van der Waals surface area contributed by atoms with Gasteiger partial charge in [0, 0.05) is 29.7 Å². The Bertz CT molecular complexity index is 663. The van der Waals surface area contributed by atoms with E-state index in [1.54, 1.807) is 24.3 Å². The highest BCUT2D eigenvalue weighted by Crippen LogP contribution is 2.35. The van der Waals surface area contributed by atoms with E-state index >= 15 is 0 Å². The smallest absolute Gasteiger partial charge is 0.266 e. The molecule has 1 unspecified atom stereocenters. The molecule has 126 valence electrons. The third kappa shape index (κ3) is 6.14. The molecule has 0 spiro atoms. The maximum absolute atomic E-state index is 10.6. The molecule has 0 fully saturated rings. The maximum Gasteiger partial charge on any atom is 0.266 e. The van der Waals surface area contributed by atoms with Gasteiger partial charge in [-0.3, -0.25) is 14.4 Å². The zero-order chi connectivity index (χ0) is 16.7. The van der Waals surface area contributed by atoms with E-state index in [1.165, 1.54) is 11.3 Å². The van der Waals surface area contributed by atoms with Gasteiger partial charge in [0.2, 0.25) is 0 Å². The van der Waals surface area contributed by atoms with Crippen LogP contribution < -0.4 is 9.47 Å². The van der Waals surface area contributed by atoms with Gasteiger partial charge < -0.3 is 9.47 Å². The highest BCUT2D eigenvalue weighted by Gasteiger charge is 2.25. The second-order valence-corrected chi connectivity index (χ2v) is 7.09. The number of pyridine rings is 1. The Balaban J connectivity index is 0.000000268. The Kier molecular flexibility index (Phi) is 6.34. The standard InChI is InChI=1S/C9H13NO5S2.C5H5N/c1-10(2-3-17(11,12)13)9-4-14-7-5-16-6-8(7)15-9;1-2-4-6-5-3-1/h5-6,9H,2-4H2,1H3,(H,11,12,13);1-5H. The number of thiophene rings is 1. The summed E-state index contributed by atoms with van der Waals surface area (Å²) in [5.74, 6) is 1.07. The Morgan fingerprint density at radius 1 is 1.30 bits per heavy atom. The van der Waals surface area contributed by atoms with Crippen molar-refractivity contribution < 1.29 is 22.4 Å². The van der Waals surface area contributed by atoms with Crippen molar-refractivity contribution >= 4 is 21.5 Å². The minimum atomic E-state index is -3.94. The lowest BCUT2D eigenvalue weighted by molar-refractivity contribution is -0.0115. The SMILES string of the molecule is CN(CCS(=O)(=O)O)C1COc2cscc2O1.c1ccncc1. The van der Waals surface area contributed by atoms with Crippen LogP contribution in [0.1, 0.15) is 0 Å². The first kappa shape index (κ1) is 17.7. The normalized spacial score (nSPS) is 16.6. The zero-order valence-corrected chi connectivity index (χ0v) is 14.2. The summed E-state index contributed by atoms with van der Waals surface area (Å²) in [6.45, 7) is 0.526. The van der Waals surface area contributed by atoms with Gasteiger partial charge in [0.05, 0.1) is 5.75 Å². The first-order chi connectivity index (χ1) is 11.0. The van der Waals surface area contributed by atoms with Crippen molar-refractivity contribution in [1.82, 2.24) is 9.88 Å². The predicted molar refractivity (Wildman–Crippen MR) is 87.5 cm³/mol. The van der Waals surface area contributed by atoms with Crippen LogP contribution in [0.3, 0.4) is 0 Å². The Hall–Kier alpha value is -1.68. The fourth-order valence-corrected chi connectivity index (χ4v) is 2.93. The molecule has 2 aromatic rings. The number of aromatic nitrogens is 1. The molecule has 0 bridgehead atoms. The van der Waals surface area contributed by atoms with Crippen molar-refractivity contribution in [3.63, 3.8) is 0 Å². The molecule has 0 amide bonds. The molecule has 1 aliphatic rings. The molecular formula is C14H18N2O5S2. The van der Waals surface area contributed by atoms with Crippen LogP contribution >= 0.6 is 11.3 Å². The molecule has 1 aliphatic heterocycles. The average molecular weight is 358 g/mol. The molecule has 0 aliphatic carbocycles. The number of hydrogen-bond acceptors (Lipinski definition) is 7. The van der Waals surface area contributed by atoms with E-state index in [0.717, 1.165) is 5.75 Å². The van der Waals surface area contributed by atoms with Crippen molar-refractivity contribution in [1.29, 1.82) is 0 Å². The minimum absolute atomic E-state index is 0.187. The first-order valence-electron chi connectivity index (χ1n) is 6.82. The Morgan fingerprint density at radius 3 is 2.57 bits per heavy atom. The molecule has 9 heteroatoms. The van der Waals surface area contributed by atoms with Crippen LogP contribution in [0.2, 0.25) is 0 Å². The molecule has 0 aromatic carbocycles. The highest BCUT2D eigenvalue weighted by atomic mass is 32.2. The van der Waals surface area contributed by atoms with Gasteiger partial charge >= 0.3 is 0 Å². The lowest BCUT2D eigenvalue weighted by Gasteiger charge is -2.31. The Morgan fingerprint density at radius 2 is 2.00 bits per heavy atom. The monoisotopic (exact) mass is 358 g/mol. The third-order valence-electron chi connectivity index (χ3n) is 3.00. The van der Waals surface area contributed by atoms with E-state index in [1.807, 2.05) is 29.0 Å². The van der Waals surface area contributed by atoms with Gasteiger partial charge in [-0.15, -0.1) is 11.3 Å². The summed E-state index contributed by atoms with van der Waals surface area (Å²) in [6, 6.07) is 5.72. The van der Waals surface area contributed by atoms with Crippen molar-refractivity contribution in [2.24, 2.45) is 0 Å². The molecule has 3 heterocycles. The third-order valence-corrected chi connectivity index (χ3v) is 4.40. The van der Waals surface area contributed by atoms with Gasteiger partial charge in [-0.25, -0.2) is 0 Å². The van der Waals surface area contributed by atoms with E-state index in [4.69, 9.17) is 14.0 Å². The van der Waals surface area contributed by atoms with Gasteiger partial charge in [-0.1, -0.05) is 6.07 Å². The van der Waals surface area contributed by atoms with Crippen LogP contribution in [-0.2, 0) is 10.1 Å². The largest absolute Gasteiger partial charge is 0.483 e. The topological polar surface area (TPSA) is 89.0 Å². The number of nitrogens with zero attached hydrogens (tertiary/aromatic N) is 2. The number of likely N-dealkylation sites (N-methyl/N-ethyl adjacent to an activating group) is 1. The average Bonchev–Trinajstić information content (AvgIpc) is 3.01. The van der Waals surface area contributed by atoms with E-state index in [-0.39, 0.29) is 18.5 Å². The summed E-state index contributed by atoms with van der Waals surface area (Å²) in [5.41, 5.74) is 0. The van der Waals surface area contributed by atoms with Gasteiger partial charge in [-0.05, 0) is 19.2 Å².